The van der Waals surface area contributed by atoms with Crippen molar-refractivity contribution in [2.24, 2.45) is 12.2 Å². The number of rotatable bonds is 9. The first-order chi connectivity index (χ1) is 16.3. The van der Waals surface area contributed by atoms with Crippen LogP contribution in [0.2, 0.25) is 5.02 Å². The first-order valence-corrected chi connectivity index (χ1v) is 13.9. The van der Waals surface area contributed by atoms with Gasteiger partial charge in [-0.2, -0.15) is 0 Å². The largest absolute Gasteiger partial charge is 0.389 e. The van der Waals surface area contributed by atoms with Gasteiger partial charge in [0.25, 0.3) is 0 Å². The highest BCUT2D eigenvalue weighted by Crippen LogP contribution is 2.55. The molecule has 0 bridgehead atoms. The number of aliphatic hydroxyl groups excluding tert-OH is 2. The highest BCUT2D eigenvalue weighted by Gasteiger charge is 2.45. The lowest BCUT2D eigenvalue weighted by atomic mass is 10.1. The smallest absolute Gasteiger partial charge is 0.340 e. The summed E-state index contributed by atoms with van der Waals surface area (Å²) in [5.74, 6) is -1.42. The fourth-order valence-corrected chi connectivity index (χ4v) is 5.89. The highest BCUT2D eigenvalue weighted by atomic mass is 35.5. The molecule has 1 aliphatic rings. The predicted octanol–water partition coefficient (Wildman–Crippen LogP) is -0.171. The Bertz CT molecular complexity index is 1260. The molecule has 1 fully saturated rings. The van der Waals surface area contributed by atoms with Crippen LogP contribution in [0, 0.1) is 0 Å². The molecule has 1 saturated heterocycles. The van der Waals surface area contributed by atoms with Gasteiger partial charge in [-0.15, -0.1) is 0 Å². The zero-order valence-corrected chi connectivity index (χ0v) is 20.7. The molecule has 0 spiro atoms. The van der Waals surface area contributed by atoms with Crippen LogP contribution in [0.5, 0.6) is 0 Å². The third-order valence-electron chi connectivity index (χ3n) is 4.95. The quantitative estimate of drug-likeness (QED) is 0.203. The number of hydrogen-bond acceptors (Lipinski definition) is 9. The third-order valence-corrected chi connectivity index (χ3v) is 8.66. The fourth-order valence-electron chi connectivity index (χ4n) is 3.19. The maximum Gasteiger partial charge on any atom is 0.340 e. The van der Waals surface area contributed by atoms with E-state index in [-0.39, 0.29) is 12.1 Å². The van der Waals surface area contributed by atoms with Gasteiger partial charge in [0.1, 0.15) is 24.9 Å². The predicted molar refractivity (Wildman–Crippen MR) is 120 cm³/mol. The van der Waals surface area contributed by atoms with Gasteiger partial charge in [0.05, 0.1) is 6.61 Å². The van der Waals surface area contributed by atoms with Crippen molar-refractivity contribution >= 4 is 26.8 Å². The van der Waals surface area contributed by atoms with Crippen LogP contribution in [0.15, 0.2) is 46.5 Å². The summed E-state index contributed by atoms with van der Waals surface area (Å²) in [5, 5.41) is 25.1. The third kappa shape index (κ3) is 7.34. The maximum absolute atomic E-state index is 12.8. The van der Waals surface area contributed by atoms with E-state index >= 15 is 0 Å². The van der Waals surface area contributed by atoms with Gasteiger partial charge in [0, 0.05) is 24.3 Å². The van der Waals surface area contributed by atoms with Crippen LogP contribution in [0.1, 0.15) is 11.8 Å². The molecule has 14 nitrogen and oxygen atoms in total. The Labute approximate surface area is 203 Å². The molecule has 3 unspecified atom stereocenters. The lowest BCUT2D eigenvalue weighted by molar-refractivity contribution is -0.0530. The minimum absolute atomic E-state index is 0.120. The molecule has 2 aromatic rings. The SMILES string of the molecule is Cn1c(=O)n([C@@H]2O[C@H](COP(=O)(O)CP(=O)(O)O)C(O)C2O)cc/c1=N/OCc1ccc(Cl)cc1. The Morgan fingerprint density at radius 2 is 1.77 bits per heavy atom. The summed E-state index contributed by atoms with van der Waals surface area (Å²) in [5.41, 5.74) is 0.257. The second kappa shape index (κ2) is 11.1. The van der Waals surface area contributed by atoms with Gasteiger partial charge in [-0.3, -0.25) is 18.3 Å². The number of aromatic nitrogens is 2. The van der Waals surface area contributed by atoms with Gasteiger partial charge in [0.15, 0.2) is 17.6 Å². The zero-order valence-electron chi connectivity index (χ0n) is 18.2. The second-order valence-electron chi connectivity index (χ2n) is 7.70. The Morgan fingerprint density at radius 3 is 2.40 bits per heavy atom. The van der Waals surface area contributed by atoms with E-state index in [1.54, 1.807) is 24.3 Å². The van der Waals surface area contributed by atoms with Crippen molar-refractivity contribution < 1.29 is 48.1 Å². The lowest BCUT2D eigenvalue weighted by Gasteiger charge is -2.19. The fraction of sp³-hybridized carbons (Fsp3) is 0.444. The molecule has 0 saturated carbocycles. The van der Waals surface area contributed by atoms with Crippen molar-refractivity contribution in [1.82, 2.24) is 9.13 Å². The average molecular weight is 556 g/mol. The first kappa shape index (κ1) is 27.8. The monoisotopic (exact) mass is 555 g/mol. The Morgan fingerprint density at radius 1 is 1.11 bits per heavy atom. The zero-order chi connectivity index (χ0) is 26.0. The minimum atomic E-state index is -4.84. The number of benzene rings is 1. The van der Waals surface area contributed by atoms with E-state index < -0.39 is 57.9 Å². The molecule has 194 valence electrons. The molecule has 3 rings (SSSR count). The normalized spacial score (nSPS) is 24.9. The summed E-state index contributed by atoms with van der Waals surface area (Å²) in [4.78, 5) is 45.3. The number of hydrogen-bond donors (Lipinski definition) is 5. The molecule has 0 aliphatic carbocycles. The van der Waals surface area contributed by atoms with E-state index in [0.717, 1.165) is 14.7 Å². The Hall–Kier alpha value is -1.83. The summed E-state index contributed by atoms with van der Waals surface area (Å²) in [7, 11) is -8.15. The summed E-state index contributed by atoms with van der Waals surface area (Å²) >= 11 is 5.83. The van der Waals surface area contributed by atoms with E-state index in [4.69, 9.17) is 31.0 Å². The second-order valence-corrected chi connectivity index (χ2v) is 12.1. The molecule has 35 heavy (non-hydrogen) atoms. The van der Waals surface area contributed by atoms with E-state index in [1.807, 2.05) is 0 Å². The Kier molecular flexibility index (Phi) is 8.77. The molecule has 1 aromatic heterocycles. The van der Waals surface area contributed by atoms with Crippen molar-refractivity contribution in [2.75, 3.05) is 12.5 Å². The summed E-state index contributed by atoms with van der Waals surface area (Å²) in [6, 6.07) is 8.29. The summed E-state index contributed by atoms with van der Waals surface area (Å²) in [6.45, 7) is -0.648. The van der Waals surface area contributed by atoms with Crippen LogP contribution in [-0.4, -0.2) is 64.8 Å². The molecule has 17 heteroatoms. The van der Waals surface area contributed by atoms with Gasteiger partial charge < -0.3 is 39.0 Å². The molecule has 5 N–H and O–H groups in total. The molecule has 0 amide bonds. The highest BCUT2D eigenvalue weighted by molar-refractivity contribution is 7.70. The van der Waals surface area contributed by atoms with Crippen LogP contribution in [-0.2, 0) is 36.9 Å². The Balaban J connectivity index is 1.70. The van der Waals surface area contributed by atoms with Gasteiger partial charge in [-0.05, 0) is 17.7 Å². The average Bonchev–Trinajstić information content (AvgIpc) is 3.03. The minimum Gasteiger partial charge on any atom is -0.389 e. The van der Waals surface area contributed by atoms with E-state index in [2.05, 4.69) is 9.68 Å². The van der Waals surface area contributed by atoms with Gasteiger partial charge in [-0.1, -0.05) is 28.9 Å². The van der Waals surface area contributed by atoms with Crippen LogP contribution in [0.25, 0.3) is 0 Å². The van der Waals surface area contributed by atoms with Crippen molar-refractivity contribution in [2.45, 2.75) is 31.1 Å². The first-order valence-electron chi connectivity index (χ1n) is 9.98. The summed E-state index contributed by atoms with van der Waals surface area (Å²) in [6.07, 6.45) is -4.75. The van der Waals surface area contributed by atoms with Crippen LogP contribution >= 0.6 is 26.8 Å². The lowest BCUT2D eigenvalue weighted by Crippen LogP contribution is -2.42. The van der Waals surface area contributed by atoms with Gasteiger partial charge in [0.2, 0.25) is 0 Å². The number of halogens is 1. The molecular weight excluding hydrogens is 532 g/mol. The standard InChI is InChI=1S/C18H24ClN3O11P2/c1-21-14(20-31-8-11-2-4-12(19)5-3-11)6-7-22(18(21)25)17-16(24)15(23)13(33-17)9-32-35(29,30)10-34(26,27)28/h2-7,13,15-17,23-24H,8-10H2,1H3,(H,29,30)(H2,26,27,28)/b20-14-/t13-,15?,16?,17-/m1/s1. The van der Waals surface area contributed by atoms with Crippen molar-refractivity contribution in [3.8, 4) is 0 Å². The summed E-state index contributed by atoms with van der Waals surface area (Å²) < 4.78 is 34.9. The van der Waals surface area contributed by atoms with Crippen molar-refractivity contribution in [1.29, 1.82) is 0 Å². The van der Waals surface area contributed by atoms with E-state index in [0.29, 0.717) is 5.02 Å². The van der Waals surface area contributed by atoms with Crippen molar-refractivity contribution in [3.63, 3.8) is 0 Å². The number of nitrogens with zero attached hydrogens (tertiary/aromatic N) is 3. The van der Waals surface area contributed by atoms with E-state index in [9.17, 15) is 29.0 Å². The number of ether oxygens (including phenoxy) is 1. The number of aliphatic hydroxyl groups is 2. The topological polar surface area (TPSA) is 202 Å². The van der Waals surface area contributed by atoms with Crippen molar-refractivity contribution in [3.05, 3.63) is 63.1 Å². The van der Waals surface area contributed by atoms with Crippen LogP contribution in [0.4, 0.5) is 0 Å². The van der Waals surface area contributed by atoms with Crippen LogP contribution in [0.3, 0.4) is 0 Å². The van der Waals surface area contributed by atoms with E-state index in [1.165, 1.54) is 19.3 Å². The molecule has 0 radical (unpaired) electrons. The van der Waals surface area contributed by atoms with Crippen LogP contribution < -0.4 is 11.2 Å². The van der Waals surface area contributed by atoms with Gasteiger partial charge in [-0.25, -0.2) is 4.79 Å². The van der Waals surface area contributed by atoms with Gasteiger partial charge >= 0.3 is 20.9 Å². The molecule has 1 aromatic carbocycles. The maximum atomic E-state index is 12.8. The molecular formula is C18H24ClN3O11P2. The molecule has 5 atom stereocenters. The molecule has 2 heterocycles. The molecule has 1 aliphatic heterocycles.